The Morgan fingerprint density at radius 3 is 1.54 bits per heavy atom. The average Bonchev–Trinajstić information content (AvgIpc) is 1.69. The highest BCUT2D eigenvalue weighted by atomic mass is 127. The zero-order chi connectivity index (χ0) is 66.0. The number of esters is 1. The van der Waals surface area contributed by atoms with E-state index in [4.69, 9.17) is 70.4 Å². The van der Waals surface area contributed by atoms with Gasteiger partial charge >= 0.3 is 11.9 Å². The molecule has 15 rings (SSSR count). The maximum absolute atomic E-state index is 12.2. The molecule has 8 aromatic heterocycles. The summed E-state index contributed by atoms with van der Waals surface area (Å²) in [7, 11) is 1.38. The van der Waals surface area contributed by atoms with Crippen molar-refractivity contribution in [1.82, 2.24) is 54.3 Å². The van der Waals surface area contributed by atoms with Crippen molar-refractivity contribution in [2.45, 2.75) is 108 Å². The van der Waals surface area contributed by atoms with E-state index in [1.165, 1.54) is 20.0 Å². The van der Waals surface area contributed by atoms with Crippen molar-refractivity contribution in [3.63, 3.8) is 0 Å². The van der Waals surface area contributed by atoms with Gasteiger partial charge in [0.2, 0.25) is 0 Å². The standard InChI is InChI=1S/C24H21ClN4OS.C22H16ClN3O2S.C17H14IN3O2.C5H4ClNS.C2H7N.ClH/c1-2-3-21(30)16-5-9-19-15(12-16)4-10-20(27-19)24-22(14-29(28-24)18-7-8-18)31-23-11-6-17(25)13-26-23;23-15-3-7-17(8-4-15)29-20-12-26(16-5-6-16)25-21(20)19-10-1-13-11-14(22(27)28)2-9-18(13)24-19;1-23-17(22)11-3-6-14-10(8-11)2-7-15(19-14)16-13(18)9-21(20-16)12-4-5-12;6-5-2-1-4(8)3-7-5;1-2-3;/h4-6,9-14,18H,2-3,7-8H2,1H3;1-4,7-12,16H,5-6H2,(H,27,28);2-3,6-9,12H,4-5H2,1H3;1-3,8H;2-3H2,1H3;1H. The minimum Gasteiger partial charge on any atom is -0.478 e. The molecule has 3 aliphatic carbocycles. The Morgan fingerprint density at radius 2 is 1.06 bits per heavy atom. The molecule has 95 heavy (non-hydrogen) atoms. The molecule has 25 heteroatoms. The van der Waals surface area contributed by atoms with Crippen LogP contribution in [0.15, 0.2) is 195 Å². The molecule has 0 radical (unpaired) electrons. The average molecular weight is 1520 g/mol. The second-order valence-electron chi connectivity index (χ2n) is 22.1. The van der Waals surface area contributed by atoms with E-state index in [1.54, 1.807) is 78.4 Å². The van der Waals surface area contributed by atoms with Gasteiger partial charge in [0.05, 0.1) is 88.4 Å². The van der Waals surface area contributed by atoms with Gasteiger partial charge in [0.15, 0.2) is 5.78 Å². The maximum Gasteiger partial charge on any atom is 0.337 e. The number of hydrogen-bond acceptors (Lipinski definition) is 16. The molecule has 12 aromatic rings. The van der Waals surface area contributed by atoms with Crippen molar-refractivity contribution in [2.75, 3.05) is 13.7 Å². The van der Waals surface area contributed by atoms with E-state index in [2.05, 4.69) is 68.9 Å². The van der Waals surface area contributed by atoms with Crippen molar-refractivity contribution in [1.29, 1.82) is 0 Å². The first-order valence-corrected chi connectivity index (χ1v) is 34.6. The smallest absolute Gasteiger partial charge is 0.337 e. The summed E-state index contributed by atoms with van der Waals surface area (Å²) in [5.74, 6) is -1.11. The zero-order valence-corrected chi connectivity index (χ0v) is 59.3. The number of nitrogens with two attached hydrogens (primary N) is 1. The number of carboxylic acids is 1. The Labute approximate surface area is 597 Å². The molecule has 3 saturated carbocycles. The highest BCUT2D eigenvalue weighted by Gasteiger charge is 2.29. The van der Waals surface area contributed by atoms with Crippen LogP contribution in [-0.4, -0.2) is 90.7 Å². The molecule has 17 nitrogen and oxygen atoms in total. The zero-order valence-electron chi connectivity index (χ0n) is 51.5. The number of aromatic nitrogens is 11. The Hall–Kier alpha value is -7.45. The number of carbonyl (C=O) groups is 3. The van der Waals surface area contributed by atoms with E-state index in [9.17, 15) is 19.5 Å². The third-order valence-electron chi connectivity index (χ3n) is 14.8. The number of fused-ring (bicyclic) bond motifs is 3. The number of ether oxygens (including phenoxy) is 1. The van der Waals surface area contributed by atoms with Crippen LogP contribution in [0.3, 0.4) is 0 Å². The van der Waals surface area contributed by atoms with Crippen LogP contribution in [0.2, 0.25) is 15.2 Å². The molecule has 0 bridgehead atoms. The number of pyridine rings is 5. The summed E-state index contributed by atoms with van der Waals surface area (Å²) in [6, 6.07) is 44.3. The molecular formula is C70H63Cl4IN12O5S3. The second-order valence-corrected chi connectivity index (χ2v) is 27.3. The van der Waals surface area contributed by atoms with Crippen molar-refractivity contribution in [2.24, 2.45) is 5.73 Å². The predicted octanol–water partition coefficient (Wildman–Crippen LogP) is 18.8. The lowest BCUT2D eigenvalue weighted by Gasteiger charge is -2.05. The van der Waals surface area contributed by atoms with Gasteiger partial charge in [0.1, 0.15) is 27.3 Å². The van der Waals surface area contributed by atoms with Crippen molar-refractivity contribution in [3.05, 3.63) is 206 Å². The number of thiol groups is 1. The highest BCUT2D eigenvalue weighted by molar-refractivity contribution is 14.1. The van der Waals surface area contributed by atoms with Crippen LogP contribution < -0.4 is 5.73 Å². The molecule has 0 atom stereocenters. The van der Waals surface area contributed by atoms with Crippen molar-refractivity contribution in [3.8, 4) is 34.2 Å². The summed E-state index contributed by atoms with van der Waals surface area (Å²) >= 11 is 27.0. The van der Waals surface area contributed by atoms with Gasteiger partial charge in [-0.15, -0.1) is 25.0 Å². The molecule has 4 aromatic carbocycles. The number of hydrogen-bond donors (Lipinski definition) is 3. The summed E-state index contributed by atoms with van der Waals surface area (Å²) in [6.07, 6.45) is 18.0. The van der Waals surface area contributed by atoms with Gasteiger partial charge in [0, 0.05) is 73.9 Å². The lowest BCUT2D eigenvalue weighted by atomic mass is 10.0. The van der Waals surface area contributed by atoms with E-state index in [1.807, 2.05) is 125 Å². The van der Waals surface area contributed by atoms with Gasteiger partial charge in [-0.05, 0) is 195 Å². The number of ketones is 1. The maximum atomic E-state index is 12.2. The molecule has 3 aliphatic rings. The molecule has 0 amide bonds. The van der Waals surface area contributed by atoms with E-state index in [0.29, 0.717) is 45.3 Å². The normalized spacial score (nSPS) is 13.0. The van der Waals surface area contributed by atoms with E-state index < -0.39 is 5.97 Å². The Balaban J connectivity index is 0.000000144. The van der Waals surface area contributed by atoms with Gasteiger partial charge in [0.25, 0.3) is 0 Å². The number of Topliss-reactive ketones (excluding diaryl/α,β-unsaturated/α-hetero) is 1. The minimum absolute atomic E-state index is 0. The van der Waals surface area contributed by atoms with E-state index >= 15 is 0 Å². The van der Waals surface area contributed by atoms with Crippen LogP contribution in [0.1, 0.15) is 114 Å². The Bertz CT molecular complexity index is 4680. The number of aromatic carboxylic acids is 1. The number of methoxy groups -OCH3 is 1. The SMILES string of the molecule is CCCC(=O)c1ccc2nc(-c3nn(C4CC4)cc3Sc3ccc(Cl)cn3)ccc2c1.CCN.COC(=O)c1ccc2nc(-c3nn(C4CC4)cc3I)ccc2c1.Cl.O=C(O)c1ccc2nc(-c3nn(C4CC4)cc3Sc3ccc(Cl)cc3)ccc2c1.Sc1ccc(Cl)nc1. The Morgan fingerprint density at radius 1 is 0.589 bits per heavy atom. The molecular weight excluding hydrogens is 1450 g/mol. The number of rotatable bonds is 15. The van der Waals surface area contributed by atoms with Crippen molar-refractivity contribution >= 4 is 156 Å². The number of nitrogens with zero attached hydrogens (tertiary/aromatic N) is 11. The molecule has 0 spiro atoms. The van der Waals surface area contributed by atoms with Crippen molar-refractivity contribution < 1.29 is 24.2 Å². The summed E-state index contributed by atoms with van der Waals surface area (Å²) < 4.78 is 12.0. The lowest BCUT2D eigenvalue weighted by Crippen LogP contribution is -2.00. The fraction of sp³-hybridized carbons (Fsp3) is 0.214. The number of benzene rings is 4. The van der Waals surface area contributed by atoms with Crippen LogP contribution in [0.4, 0.5) is 0 Å². The minimum atomic E-state index is -0.944. The highest BCUT2D eigenvalue weighted by Crippen LogP contribution is 2.43. The quantitative estimate of drug-likeness (QED) is 0.0285. The molecule has 0 saturated heterocycles. The largest absolute Gasteiger partial charge is 0.478 e. The van der Waals surface area contributed by atoms with Gasteiger partial charge in [-0.3, -0.25) is 18.8 Å². The first-order valence-electron chi connectivity index (χ1n) is 30.3. The monoisotopic (exact) mass is 1510 g/mol. The number of carbonyl (C=O) groups excluding carboxylic acids is 2. The summed E-state index contributed by atoms with van der Waals surface area (Å²) in [5, 5.41) is 28.9. The molecule has 3 N–H and O–H groups in total. The van der Waals surface area contributed by atoms with Gasteiger partial charge in [-0.1, -0.05) is 90.4 Å². The summed E-state index contributed by atoms with van der Waals surface area (Å²) in [4.78, 5) is 61.5. The first-order chi connectivity index (χ1) is 45.5. The van der Waals surface area contributed by atoms with Crippen LogP contribution in [-0.2, 0) is 4.74 Å². The third-order valence-corrected chi connectivity index (χ3v) is 18.5. The Kier molecular flexibility index (Phi) is 24.1. The molecule has 0 unspecified atom stereocenters. The fourth-order valence-corrected chi connectivity index (χ4v) is 12.6. The van der Waals surface area contributed by atoms with Gasteiger partial charge in [-0.25, -0.2) is 34.5 Å². The fourth-order valence-electron chi connectivity index (χ4n) is 9.60. The van der Waals surface area contributed by atoms with E-state index in [-0.39, 0.29) is 29.7 Å². The van der Waals surface area contributed by atoms with Gasteiger partial charge < -0.3 is 15.6 Å². The predicted molar refractivity (Wildman–Crippen MR) is 391 cm³/mol. The first kappa shape index (κ1) is 70.4. The molecule has 486 valence electrons. The number of carboxylic acid groups (broad SMARTS) is 1. The summed E-state index contributed by atoms with van der Waals surface area (Å²) in [6.45, 7) is 4.67. The van der Waals surface area contributed by atoms with Crippen LogP contribution in [0.25, 0.3) is 66.9 Å². The molecule has 3 fully saturated rings. The number of halogens is 5. The van der Waals surface area contributed by atoms with E-state index in [0.717, 1.165) is 139 Å². The van der Waals surface area contributed by atoms with Gasteiger partial charge in [-0.2, -0.15) is 15.3 Å². The van der Waals surface area contributed by atoms with Crippen LogP contribution >= 0.6 is 106 Å². The third kappa shape index (κ3) is 18.6. The van der Waals surface area contributed by atoms with Crippen LogP contribution in [0, 0.1) is 3.57 Å². The second kappa shape index (κ2) is 32.5. The lowest BCUT2D eigenvalue weighted by molar-refractivity contribution is 0.0599. The topological polar surface area (TPSA) is 225 Å². The summed E-state index contributed by atoms with van der Waals surface area (Å²) in [5.41, 5.74) is 13.9. The molecule has 0 aliphatic heterocycles. The molecule has 8 heterocycles. The van der Waals surface area contributed by atoms with Crippen LogP contribution in [0.5, 0.6) is 0 Å².